The number of methoxy groups -OCH3 is 1. The lowest BCUT2D eigenvalue weighted by molar-refractivity contribution is -0.127. The van der Waals surface area contributed by atoms with Crippen LogP contribution >= 0.6 is 0 Å². The predicted octanol–water partition coefficient (Wildman–Crippen LogP) is 0.446. The van der Waals surface area contributed by atoms with Crippen LogP contribution in [-0.4, -0.2) is 56.8 Å². The summed E-state index contributed by atoms with van der Waals surface area (Å²) >= 11 is 0. The van der Waals surface area contributed by atoms with Crippen molar-refractivity contribution < 1.29 is 17.9 Å². The van der Waals surface area contributed by atoms with E-state index in [1.54, 1.807) is 18.1 Å². The monoisotopic (exact) mass is 339 g/mol. The van der Waals surface area contributed by atoms with Crippen molar-refractivity contribution in [3.8, 4) is 5.75 Å². The van der Waals surface area contributed by atoms with Crippen LogP contribution in [0.5, 0.6) is 5.75 Å². The van der Waals surface area contributed by atoms with E-state index >= 15 is 0 Å². The maximum atomic E-state index is 12.3. The number of amides is 1. The summed E-state index contributed by atoms with van der Waals surface area (Å²) in [6.07, 6.45) is 1.55. The highest BCUT2D eigenvalue weighted by Crippen LogP contribution is 2.25. The molecule has 1 aromatic carbocycles. The van der Waals surface area contributed by atoms with Crippen LogP contribution in [0.4, 0.5) is 0 Å². The zero-order chi connectivity index (χ0) is 17.0. The Kier molecular flexibility index (Phi) is 5.40. The molecule has 1 amide bonds. The van der Waals surface area contributed by atoms with Gasteiger partial charge in [0.1, 0.15) is 5.75 Å². The van der Waals surface area contributed by atoms with E-state index in [1.807, 2.05) is 31.2 Å². The Morgan fingerprint density at radius 1 is 1.22 bits per heavy atom. The predicted molar refractivity (Wildman–Crippen MR) is 87.9 cm³/mol. The molecule has 2 N–H and O–H groups in total. The quantitative estimate of drug-likeness (QED) is 0.806. The fraction of sp³-hybridized carbons (Fsp3) is 0.400. The van der Waals surface area contributed by atoms with Crippen LogP contribution < -0.4 is 9.88 Å². The van der Waals surface area contributed by atoms with E-state index in [9.17, 15) is 13.2 Å². The Bertz CT molecular complexity index is 707. The van der Waals surface area contributed by atoms with Crippen LogP contribution in [0.1, 0.15) is 12.5 Å². The molecule has 126 valence electrons. The van der Waals surface area contributed by atoms with Crippen LogP contribution in [0.2, 0.25) is 0 Å². The number of carbonyl (C=O) groups is 1. The topological polar surface area (TPSA) is 92.9 Å². The molecule has 1 saturated heterocycles. The van der Waals surface area contributed by atoms with Gasteiger partial charge < -0.3 is 9.64 Å². The Hall–Kier alpha value is -1.90. The van der Waals surface area contributed by atoms with Crippen LogP contribution in [0.3, 0.4) is 0 Å². The Labute approximate surface area is 136 Å². The van der Waals surface area contributed by atoms with Gasteiger partial charge in [-0.05, 0) is 18.6 Å². The van der Waals surface area contributed by atoms with Crippen LogP contribution in [0.15, 0.2) is 30.3 Å². The number of benzene rings is 1. The maximum Gasteiger partial charge on any atom is 0.277 e. The highest BCUT2D eigenvalue weighted by atomic mass is 32.2. The molecule has 1 heterocycles. The number of para-hydroxylation sites is 1. The normalized spacial score (nSPS) is 17.2. The van der Waals surface area contributed by atoms with Gasteiger partial charge in [0, 0.05) is 37.8 Å². The number of rotatable bonds is 4. The fourth-order valence-electron chi connectivity index (χ4n) is 2.49. The van der Waals surface area contributed by atoms with Crippen molar-refractivity contribution in [2.75, 3.05) is 33.3 Å². The zero-order valence-corrected chi connectivity index (χ0v) is 14.0. The summed E-state index contributed by atoms with van der Waals surface area (Å²) in [5.74, 6) is 0.551. The van der Waals surface area contributed by atoms with E-state index < -0.39 is 10.2 Å². The summed E-state index contributed by atoms with van der Waals surface area (Å²) in [6.45, 7) is 2.92. The van der Waals surface area contributed by atoms with Gasteiger partial charge in [-0.15, -0.1) is 0 Å². The molecular weight excluding hydrogens is 318 g/mol. The lowest BCUT2D eigenvalue weighted by Gasteiger charge is -2.32. The molecule has 8 heteroatoms. The highest BCUT2D eigenvalue weighted by molar-refractivity contribution is 7.86. The number of hydrogen-bond donors (Lipinski definition) is 1. The van der Waals surface area contributed by atoms with Crippen LogP contribution in [0, 0.1) is 0 Å². The molecule has 0 radical (unpaired) electrons. The summed E-state index contributed by atoms with van der Waals surface area (Å²) in [4.78, 5) is 14.0. The summed E-state index contributed by atoms with van der Waals surface area (Å²) in [5, 5.41) is 5.09. The second-order valence-electron chi connectivity index (χ2n) is 5.30. The maximum absolute atomic E-state index is 12.3. The van der Waals surface area contributed by atoms with E-state index in [-0.39, 0.29) is 19.0 Å². The van der Waals surface area contributed by atoms with E-state index in [0.717, 1.165) is 11.1 Å². The van der Waals surface area contributed by atoms with Crippen molar-refractivity contribution >= 4 is 21.7 Å². The number of allylic oxidation sites excluding steroid dienone is 1. The van der Waals surface area contributed by atoms with Gasteiger partial charge in [0.05, 0.1) is 7.11 Å². The molecule has 0 aliphatic carbocycles. The van der Waals surface area contributed by atoms with Crippen molar-refractivity contribution in [1.82, 2.24) is 9.21 Å². The van der Waals surface area contributed by atoms with Crippen molar-refractivity contribution in [2.24, 2.45) is 5.14 Å². The molecule has 0 spiro atoms. The molecular formula is C15H21N3O4S. The molecule has 0 bridgehead atoms. The average molecular weight is 339 g/mol. The molecule has 0 saturated carbocycles. The SMILES string of the molecule is COc1ccccc1C(C)=CC(=O)N1CCN(S(N)(=O)=O)CC1. The lowest BCUT2D eigenvalue weighted by atomic mass is 10.1. The van der Waals surface area contributed by atoms with Crippen molar-refractivity contribution in [2.45, 2.75) is 6.92 Å². The van der Waals surface area contributed by atoms with Gasteiger partial charge in [-0.2, -0.15) is 12.7 Å². The van der Waals surface area contributed by atoms with Gasteiger partial charge in [-0.1, -0.05) is 18.2 Å². The second kappa shape index (κ2) is 7.12. The highest BCUT2D eigenvalue weighted by Gasteiger charge is 2.25. The minimum Gasteiger partial charge on any atom is -0.496 e. The number of nitrogens with two attached hydrogens (primary N) is 1. The first-order valence-electron chi connectivity index (χ1n) is 7.21. The van der Waals surface area contributed by atoms with E-state index in [4.69, 9.17) is 9.88 Å². The number of ether oxygens (including phenoxy) is 1. The molecule has 23 heavy (non-hydrogen) atoms. The number of piperazine rings is 1. The number of carbonyl (C=O) groups excluding carboxylic acids is 1. The molecule has 1 aliphatic heterocycles. The zero-order valence-electron chi connectivity index (χ0n) is 13.2. The smallest absolute Gasteiger partial charge is 0.277 e. The third kappa shape index (κ3) is 4.31. The summed E-state index contributed by atoms with van der Waals surface area (Å²) in [5.41, 5.74) is 1.65. The summed E-state index contributed by atoms with van der Waals surface area (Å²) in [6, 6.07) is 7.47. The first-order chi connectivity index (χ1) is 10.8. The van der Waals surface area contributed by atoms with Crippen molar-refractivity contribution in [3.63, 3.8) is 0 Å². The second-order valence-corrected chi connectivity index (χ2v) is 6.84. The molecule has 2 rings (SSSR count). The average Bonchev–Trinajstić information content (AvgIpc) is 2.54. The molecule has 0 atom stereocenters. The molecule has 1 fully saturated rings. The van der Waals surface area contributed by atoms with Gasteiger partial charge in [-0.3, -0.25) is 4.79 Å². The van der Waals surface area contributed by atoms with Gasteiger partial charge in [-0.25, -0.2) is 5.14 Å². The molecule has 1 aliphatic rings. The van der Waals surface area contributed by atoms with E-state index in [0.29, 0.717) is 18.8 Å². The number of hydrogen-bond acceptors (Lipinski definition) is 4. The fourth-order valence-corrected chi connectivity index (χ4v) is 3.16. The molecule has 0 aromatic heterocycles. The van der Waals surface area contributed by atoms with E-state index in [1.165, 1.54) is 4.31 Å². The third-order valence-corrected chi connectivity index (χ3v) is 4.87. The standard InChI is InChI=1S/C15H21N3O4S/c1-12(13-5-3-4-6-14(13)22-2)11-15(19)17-7-9-18(10-8-17)23(16,20)21/h3-6,11H,7-10H2,1-2H3,(H2,16,20,21). The van der Waals surface area contributed by atoms with Gasteiger partial charge in [0.15, 0.2) is 0 Å². The first kappa shape index (κ1) is 17.5. The summed E-state index contributed by atoms with van der Waals surface area (Å²) in [7, 11) is -2.10. The van der Waals surface area contributed by atoms with Gasteiger partial charge in [0.25, 0.3) is 10.2 Å². The Morgan fingerprint density at radius 3 is 2.39 bits per heavy atom. The van der Waals surface area contributed by atoms with Crippen LogP contribution in [0.25, 0.3) is 5.57 Å². The largest absolute Gasteiger partial charge is 0.496 e. The Morgan fingerprint density at radius 2 is 1.83 bits per heavy atom. The van der Waals surface area contributed by atoms with Gasteiger partial charge >= 0.3 is 0 Å². The minimum atomic E-state index is -3.69. The Balaban J connectivity index is 2.07. The van der Waals surface area contributed by atoms with Crippen LogP contribution in [-0.2, 0) is 15.0 Å². The summed E-state index contributed by atoms with van der Waals surface area (Å²) < 4.78 is 29.0. The van der Waals surface area contributed by atoms with E-state index in [2.05, 4.69) is 0 Å². The lowest BCUT2D eigenvalue weighted by Crippen LogP contribution is -2.51. The molecule has 0 unspecified atom stereocenters. The van der Waals surface area contributed by atoms with Crippen molar-refractivity contribution in [1.29, 1.82) is 0 Å². The minimum absolute atomic E-state index is 0.150. The third-order valence-electron chi connectivity index (χ3n) is 3.78. The van der Waals surface area contributed by atoms with Gasteiger partial charge in [0.2, 0.25) is 5.91 Å². The molecule has 7 nitrogen and oxygen atoms in total. The first-order valence-corrected chi connectivity index (χ1v) is 8.71. The number of nitrogens with zero attached hydrogens (tertiary/aromatic N) is 2. The molecule has 1 aromatic rings. The van der Waals surface area contributed by atoms with Crippen molar-refractivity contribution in [3.05, 3.63) is 35.9 Å².